The quantitative estimate of drug-likeness (QED) is 0.0261. The summed E-state index contributed by atoms with van der Waals surface area (Å²) in [6.07, 6.45) is 92.2. The summed E-state index contributed by atoms with van der Waals surface area (Å²) >= 11 is 0. The van der Waals surface area contributed by atoms with E-state index in [1.54, 1.807) is 0 Å². The van der Waals surface area contributed by atoms with Gasteiger partial charge in [0.15, 0.2) is 6.10 Å². The van der Waals surface area contributed by atoms with E-state index < -0.39 is 6.10 Å². The molecule has 0 heterocycles. The Balaban J connectivity index is 4.31. The molecule has 1 atom stereocenters. The van der Waals surface area contributed by atoms with Crippen LogP contribution in [0.15, 0.2) is 122 Å². The van der Waals surface area contributed by atoms with Gasteiger partial charge in [-0.1, -0.05) is 296 Å². The molecule has 79 heavy (non-hydrogen) atoms. The molecular formula is C73H122O6. The first kappa shape index (κ1) is 74.8. The number of rotatable bonds is 59. The fourth-order valence-corrected chi connectivity index (χ4v) is 9.03. The van der Waals surface area contributed by atoms with Crippen molar-refractivity contribution < 1.29 is 28.6 Å². The van der Waals surface area contributed by atoms with Gasteiger partial charge in [-0.25, -0.2) is 0 Å². The van der Waals surface area contributed by atoms with Crippen LogP contribution in [0.1, 0.15) is 303 Å². The van der Waals surface area contributed by atoms with E-state index in [0.717, 1.165) is 141 Å². The zero-order chi connectivity index (χ0) is 57.1. The molecule has 0 fully saturated rings. The normalized spacial score (nSPS) is 12.9. The Hall–Kier alpha value is -4.19. The van der Waals surface area contributed by atoms with Crippen molar-refractivity contribution in [2.45, 2.75) is 309 Å². The zero-order valence-corrected chi connectivity index (χ0v) is 51.6. The van der Waals surface area contributed by atoms with Crippen molar-refractivity contribution in [2.24, 2.45) is 0 Å². The summed E-state index contributed by atoms with van der Waals surface area (Å²) in [7, 11) is 0. The Kier molecular flexibility index (Phi) is 62.8. The first-order valence-electron chi connectivity index (χ1n) is 33.0. The number of carbonyl (C=O) groups excluding carboxylic acids is 3. The molecule has 0 saturated carbocycles. The molecule has 0 amide bonds. The molecule has 0 aliphatic carbocycles. The molecule has 450 valence electrons. The minimum absolute atomic E-state index is 0.0928. The minimum atomic E-state index is -0.796. The van der Waals surface area contributed by atoms with E-state index in [4.69, 9.17) is 14.2 Å². The maximum atomic E-state index is 12.9. The van der Waals surface area contributed by atoms with Gasteiger partial charge in [0.25, 0.3) is 0 Å². The van der Waals surface area contributed by atoms with Crippen molar-refractivity contribution in [1.82, 2.24) is 0 Å². The molecular weight excluding hydrogens is 973 g/mol. The lowest BCUT2D eigenvalue weighted by atomic mass is 10.0. The zero-order valence-electron chi connectivity index (χ0n) is 51.6. The van der Waals surface area contributed by atoms with Gasteiger partial charge >= 0.3 is 17.9 Å². The molecule has 6 heteroatoms. The van der Waals surface area contributed by atoms with Crippen LogP contribution in [-0.4, -0.2) is 37.2 Å². The van der Waals surface area contributed by atoms with E-state index in [0.29, 0.717) is 19.3 Å². The van der Waals surface area contributed by atoms with E-state index in [1.807, 2.05) is 0 Å². The second-order valence-electron chi connectivity index (χ2n) is 21.6. The van der Waals surface area contributed by atoms with Gasteiger partial charge in [-0.05, 0) is 109 Å². The summed E-state index contributed by atoms with van der Waals surface area (Å²) in [5.74, 6) is -0.930. The third-order valence-electron chi connectivity index (χ3n) is 13.9. The van der Waals surface area contributed by atoms with Gasteiger partial charge in [-0.2, -0.15) is 0 Å². The van der Waals surface area contributed by atoms with Gasteiger partial charge in [0.05, 0.1) is 0 Å². The van der Waals surface area contributed by atoms with Crippen molar-refractivity contribution >= 4 is 17.9 Å². The first-order chi connectivity index (χ1) is 39.0. The predicted molar refractivity (Wildman–Crippen MR) is 343 cm³/mol. The van der Waals surface area contributed by atoms with Gasteiger partial charge in [0.1, 0.15) is 13.2 Å². The summed E-state index contributed by atoms with van der Waals surface area (Å²) in [5, 5.41) is 0. The highest BCUT2D eigenvalue weighted by molar-refractivity contribution is 5.71. The van der Waals surface area contributed by atoms with Gasteiger partial charge < -0.3 is 14.2 Å². The maximum absolute atomic E-state index is 12.9. The summed E-state index contributed by atoms with van der Waals surface area (Å²) < 4.78 is 16.9. The molecule has 1 unspecified atom stereocenters. The number of esters is 3. The number of hydrogen-bond acceptors (Lipinski definition) is 6. The molecule has 0 aromatic heterocycles. The van der Waals surface area contributed by atoms with Crippen molar-refractivity contribution in [3.8, 4) is 0 Å². The van der Waals surface area contributed by atoms with Crippen molar-refractivity contribution in [3.05, 3.63) is 122 Å². The molecule has 0 aromatic rings. The Labute approximate surface area is 488 Å². The SMILES string of the molecule is CC/C=C\C/C=C\C/C=C\C/C=C\C/C=C\C/C=C\C/C=C\C/C=C\C/C=C\CCCCCC(=O)OCC(COC(=O)CCCCCCC/C=C\CCC)OC(=O)CCCCCCCCCCCCCCCCCCCCCC. The Morgan fingerprint density at radius 1 is 0.266 bits per heavy atom. The molecule has 0 rings (SSSR count). The van der Waals surface area contributed by atoms with Crippen LogP contribution in [0.3, 0.4) is 0 Å². The number of carbonyl (C=O) groups is 3. The van der Waals surface area contributed by atoms with Gasteiger partial charge in [0, 0.05) is 19.3 Å². The van der Waals surface area contributed by atoms with Crippen LogP contribution in [-0.2, 0) is 28.6 Å². The van der Waals surface area contributed by atoms with Crippen molar-refractivity contribution in [2.75, 3.05) is 13.2 Å². The maximum Gasteiger partial charge on any atom is 0.306 e. The highest BCUT2D eigenvalue weighted by Gasteiger charge is 2.19. The van der Waals surface area contributed by atoms with Crippen LogP contribution in [0, 0.1) is 0 Å². The largest absolute Gasteiger partial charge is 0.462 e. The molecule has 6 nitrogen and oxygen atoms in total. The van der Waals surface area contributed by atoms with E-state index in [9.17, 15) is 14.4 Å². The van der Waals surface area contributed by atoms with Crippen LogP contribution in [0.2, 0.25) is 0 Å². The molecule has 0 aliphatic heterocycles. The number of unbranched alkanes of at least 4 members (excludes halogenated alkanes) is 28. The van der Waals surface area contributed by atoms with Gasteiger partial charge in [-0.3, -0.25) is 14.4 Å². The lowest BCUT2D eigenvalue weighted by Gasteiger charge is -2.18. The van der Waals surface area contributed by atoms with Crippen LogP contribution in [0.5, 0.6) is 0 Å². The molecule has 0 radical (unpaired) electrons. The van der Waals surface area contributed by atoms with Gasteiger partial charge in [-0.15, -0.1) is 0 Å². The topological polar surface area (TPSA) is 78.9 Å². The van der Waals surface area contributed by atoms with E-state index in [2.05, 4.69) is 142 Å². The molecule has 0 aliphatic rings. The van der Waals surface area contributed by atoms with Crippen LogP contribution >= 0.6 is 0 Å². The van der Waals surface area contributed by atoms with E-state index >= 15 is 0 Å². The standard InChI is InChI=1S/C73H122O6/c1-4-7-10-13-16-19-22-24-26-28-30-32-33-34-35-36-37-38-39-40-41-42-44-45-47-49-51-54-57-60-63-66-72(75)78-69-70(68-77-71(74)65-62-59-56-53-21-18-15-12-9-6-3)79-73(76)67-64-61-58-55-52-50-48-46-43-31-29-27-25-23-20-17-14-11-8-5-2/h7,10,12,15-16,19,24,26,30,32,34-35,37-38,40-41,44-45,49,51,70H,4-6,8-9,11,13-14,17-18,20-23,25,27-29,31,33,36,39,42-43,46-48,50,52-69H2,1-3H3/b10-7-,15-12-,19-16-,26-24-,32-30-,35-34-,38-37-,41-40-,45-44-,51-49-. The monoisotopic (exact) mass is 1090 g/mol. The highest BCUT2D eigenvalue weighted by atomic mass is 16.6. The summed E-state index contributed by atoms with van der Waals surface area (Å²) in [6.45, 7) is 6.45. The number of hydrogen-bond donors (Lipinski definition) is 0. The van der Waals surface area contributed by atoms with Crippen molar-refractivity contribution in [1.29, 1.82) is 0 Å². The first-order valence-corrected chi connectivity index (χ1v) is 33.0. The highest BCUT2D eigenvalue weighted by Crippen LogP contribution is 2.16. The van der Waals surface area contributed by atoms with E-state index in [-0.39, 0.29) is 31.1 Å². The molecule has 0 aromatic carbocycles. The Morgan fingerprint density at radius 2 is 0.519 bits per heavy atom. The fraction of sp³-hybridized carbons (Fsp3) is 0.685. The lowest BCUT2D eigenvalue weighted by Crippen LogP contribution is -2.30. The minimum Gasteiger partial charge on any atom is -0.462 e. The third kappa shape index (κ3) is 64.5. The van der Waals surface area contributed by atoms with Gasteiger partial charge in [0.2, 0.25) is 0 Å². The van der Waals surface area contributed by atoms with Crippen LogP contribution in [0.25, 0.3) is 0 Å². The molecule has 0 spiro atoms. The summed E-state index contributed by atoms with van der Waals surface area (Å²) in [4.78, 5) is 38.2. The predicted octanol–water partition coefficient (Wildman–Crippen LogP) is 22.8. The van der Waals surface area contributed by atoms with Crippen LogP contribution in [0.4, 0.5) is 0 Å². The summed E-state index contributed by atoms with van der Waals surface area (Å²) in [5.41, 5.74) is 0. The second kappa shape index (κ2) is 66.3. The number of ether oxygens (including phenoxy) is 3. The van der Waals surface area contributed by atoms with Crippen LogP contribution < -0.4 is 0 Å². The molecule has 0 bridgehead atoms. The smallest absolute Gasteiger partial charge is 0.306 e. The van der Waals surface area contributed by atoms with E-state index in [1.165, 1.54) is 122 Å². The Bertz CT molecular complexity index is 1640. The average molecular weight is 1100 g/mol. The van der Waals surface area contributed by atoms with Crippen molar-refractivity contribution in [3.63, 3.8) is 0 Å². The summed E-state index contributed by atoms with van der Waals surface area (Å²) in [6, 6.07) is 0. The molecule has 0 saturated heterocycles. The number of allylic oxidation sites excluding steroid dienone is 20. The molecule has 0 N–H and O–H groups in total. The lowest BCUT2D eigenvalue weighted by molar-refractivity contribution is -0.167. The fourth-order valence-electron chi connectivity index (χ4n) is 9.03. The second-order valence-corrected chi connectivity index (χ2v) is 21.6. The third-order valence-corrected chi connectivity index (χ3v) is 13.9. The average Bonchev–Trinajstić information content (AvgIpc) is 3.45. The Morgan fingerprint density at radius 3 is 0.848 bits per heavy atom.